The molecule has 1 atom stereocenters. The van der Waals surface area contributed by atoms with Gasteiger partial charge in [0.2, 0.25) is 0 Å². The molecule has 7 aromatic rings. The number of furan rings is 1. The lowest BCUT2D eigenvalue weighted by Crippen LogP contribution is -2.43. The van der Waals surface area contributed by atoms with Crippen LogP contribution in [0.5, 0.6) is 0 Å². The lowest BCUT2D eigenvalue weighted by molar-refractivity contribution is 0.668. The van der Waals surface area contributed by atoms with Crippen molar-refractivity contribution < 1.29 is 4.42 Å². The fourth-order valence-electron chi connectivity index (χ4n) is 7.21. The van der Waals surface area contributed by atoms with Crippen LogP contribution in [0.2, 0.25) is 0 Å². The minimum absolute atomic E-state index is 0.0529. The summed E-state index contributed by atoms with van der Waals surface area (Å²) in [5.74, 6) is 0.646. The van der Waals surface area contributed by atoms with Gasteiger partial charge in [-0.2, -0.15) is 4.58 Å². The van der Waals surface area contributed by atoms with Gasteiger partial charge in [0.05, 0.1) is 11.4 Å². The maximum absolute atomic E-state index is 6.58. The van der Waals surface area contributed by atoms with E-state index in [1.54, 1.807) is 0 Å². The minimum Gasteiger partial charge on any atom is -0.455 e. The molecule has 0 radical (unpaired) electrons. The van der Waals surface area contributed by atoms with Crippen molar-refractivity contribution in [3.8, 4) is 22.5 Å². The van der Waals surface area contributed by atoms with E-state index in [9.17, 15) is 0 Å². The van der Waals surface area contributed by atoms with Crippen LogP contribution in [0.25, 0.3) is 50.0 Å². The van der Waals surface area contributed by atoms with Gasteiger partial charge >= 0.3 is 5.95 Å². The van der Waals surface area contributed by atoms with E-state index in [0.29, 0.717) is 5.95 Å². The first-order valence-corrected chi connectivity index (χ1v) is 15.2. The SMILES string of the molecule is C1=CC2=[N+](c3nc(-c4ccccc4)cc(-c4ccccc4)n3)c3ccccc3N3c4ccc5c(oc6ccccc65)c4C(=C1)C23. The zero-order valence-electron chi connectivity index (χ0n) is 24.1. The van der Waals surface area contributed by atoms with Crippen molar-refractivity contribution in [3.63, 3.8) is 0 Å². The Morgan fingerprint density at radius 3 is 2.11 bits per heavy atom. The van der Waals surface area contributed by atoms with Gasteiger partial charge in [0, 0.05) is 33.5 Å². The summed E-state index contributed by atoms with van der Waals surface area (Å²) in [7, 11) is 0. The van der Waals surface area contributed by atoms with Gasteiger partial charge in [-0.05, 0) is 42.0 Å². The highest BCUT2D eigenvalue weighted by Crippen LogP contribution is 2.54. The molecule has 210 valence electrons. The van der Waals surface area contributed by atoms with E-state index < -0.39 is 0 Å². The van der Waals surface area contributed by atoms with Crippen LogP contribution in [0, 0.1) is 0 Å². The third kappa shape index (κ3) is 3.46. The standard InChI is InChI=1S/C40H25N4O/c1-3-12-25(13-4-1)30-24-31(26-14-5-2-6-15-26)42-40(41-30)44-33-19-9-8-18-32(33)43-34-23-22-28-27-16-7-10-21-36(27)45-39(28)37(34)29-17-11-20-35(44)38(29)43/h1-24,38H/q+1. The van der Waals surface area contributed by atoms with E-state index in [2.05, 4.69) is 137 Å². The molecule has 2 aliphatic heterocycles. The Balaban J connectivity index is 1.25. The molecule has 1 aliphatic carbocycles. The van der Waals surface area contributed by atoms with Crippen molar-refractivity contribution in [3.05, 3.63) is 151 Å². The smallest absolute Gasteiger partial charge is 0.439 e. The molecule has 5 nitrogen and oxygen atoms in total. The Labute approximate surface area is 259 Å². The largest absolute Gasteiger partial charge is 0.455 e. The first-order valence-electron chi connectivity index (χ1n) is 15.2. The number of hydrogen-bond donors (Lipinski definition) is 0. The molecule has 5 aromatic carbocycles. The highest BCUT2D eigenvalue weighted by molar-refractivity contribution is 6.24. The van der Waals surface area contributed by atoms with Crippen LogP contribution in [0.1, 0.15) is 5.56 Å². The highest BCUT2D eigenvalue weighted by atomic mass is 16.3. The quantitative estimate of drug-likeness (QED) is 0.196. The number of nitrogens with zero attached hydrogens (tertiary/aromatic N) is 4. The van der Waals surface area contributed by atoms with Gasteiger partial charge in [0.25, 0.3) is 0 Å². The van der Waals surface area contributed by atoms with E-state index in [1.807, 2.05) is 18.2 Å². The van der Waals surface area contributed by atoms with Gasteiger partial charge < -0.3 is 9.32 Å². The fourth-order valence-corrected chi connectivity index (χ4v) is 7.21. The molecule has 45 heavy (non-hydrogen) atoms. The second-order valence-electron chi connectivity index (χ2n) is 11.6. The number of hydrogen-bond acceptors (Lipinski definition) is 4. The van der Waals surface area contributed by atoms with Crippen molar-refractivity contribution in [2.75, 3.05) is 4.90 Å². The zero-order valence-corrected chi connectivity index (χ0v) is 24.1. The maximum atomic E-state index is 6.58. The van der Waals surface area contributed by atoms with Gasteiger partial charge in [-0.3, -0.25) is 0 Å². The van der Waals surface area contributed by atoms with Gasteiger partial charge in [-0.25, -0.2) is 0 Å². The van der Waals surface area contributed by atoms with Crippen LogP contribution >= 0.6 is 0 Å². The number of benzene rings is 5. The van der Waals surface area contributed by atoms with Gasteiger partial charge in [0.1, 0.15) is 28.6 Å². The van der Waals surface area contributed by atoms with E-state index in [-0.39, 0.29) is 6.04 Å². The van der Waals surface area contributed by atoms with Crippen LogP contribution in [-0.4, -0.2) is 21.7 Å². The summed E-state index contributed by atoms with van der Waals surface area (Å²) >= 11 is 0. The molecular weight excluding hydrogens is 552 g/mol. The van der Waals surface area contributed by atoms with Crippen molar-refractivity contribution in [2.24, 2.45) is 0 Å². The molecule has 5 heteroatoms. The van der Waals surface area contributed by atoms with Crippen LogP contribution in [0.4, 0.5) is 23.0 Å². The monoisotopic (exact) mass is 577 g/mol. The number of aromatic nitrogens is 2. The first-order chi connectivity index (χ1) is 22.3. The van der Waals surface area contributed by atoms with Crippen molar-refractivity contribution in [1.82, 2.24) is 14.5 Å². The molecule has 10 rings (SSSR count). The van der Waals surface area contributed by atoms with E-state index in [0.717, 1.165) is 72.8 Å². The molecule has 0 saturated heterocycles. The van der Waals surface area contributed by atoms with Crippen molar-refractivity contribution in [1.29, 1.82) is 0 Å². The Bertz CT molecular complexity index is 2380. The maximum Gasteiger partial charge on any atom is 0.439 e. The van der Waals surface area contributed by atoms with Gasteiger partial charge in [0.15, 0.2) is 11.4 Å². The van der Waals surface area contributed by atoms with Crippen LogP contribution in [0.15, 0.2) is 150 Å². The Morgan fingerprint density at radius 1 is 0.644 bits per heavy atom. The molecule has 4 heterocycles. The summed E-state index contributed by atoms with van der Waals surface area (Å²) in [6.07, 6.45) is 6.60. The minimum atomic E-state index is -0.0529. The summed E-state index contributed by atoms with van der Waals surface area (Å²) < 4.78 is 8.83. The molecule has 3 aliphatic rings. The lowest BCUT2D eigenvalue weighted by Gasteiger charge is -2.35. The van der Waals surface area contributed by atoms with E-state index in [4.69, 9.17) is 14.4 Å². The molecule has 0 spiro atoms. The number of fused-ring (bicyclic) bond motifs is 9. The summed E-state index contributed by atoms with van der Waals surface area (Å²) in [6.45, 7) is 0. The molecule has 0 saturated carbocycles. The summed E-state index contributed by atoms with van der Waals surface area (Å²) in [5.41, 5.74) is 12.5. The fraction of sp³-hybridized carbons (Fsp3) is 0.0250. The number of anilines is 2. The van der Waals surface area contributed by atoms with Crippen LogP contribution < -0.4 is 9.48 Å². The average Bonchev–Trinajstić information content (AvgIpc) is 3.66. The zero-order chi connectivity index (χ0) is 29.5. The second kappa shape index (κ2) is 9.21. The molecule has 1 unspecified atom stereocenters. The average molecular weight is 578 g/mol. The van der Waals surface area contributed by atoms with E-state index in [1.165, 1.54) is 5.57 Å². The number of para-hydroxylation sites is 3. The number of allylic oxidation sites excluding steroid dienone is 2. The van der Waals surface area contributed by atoms with E-state index >= 15 is 0 Å². The third-order valence-electron chi connectivity index (χ3n) is 9.14. The normalized spacial score (nSPS) is 16.1. The summed E-state index contributed by atoms with van der Waals surface area (Å²) in [5, 5.41) is 2.27. The summed E-state index contributed by atoms with van der Waals surface area (Å²) in [4.78, 5) is 12.9. The summed E-state index contributed by atoms with van der Waals surface area (Å²) in [6, 6.07) is 44.1. The third-order valence-corrected chi connectivity index (χ3v) is 9.14. The molecule has 0 N–H and O–H groups in total. The Hall–Kier alpha value is -6.07. The molecular formula is C40H25N4O+. The predicted octanol–water partition coefficient (Wildman–Crippen LogP) is 9.47. The number of rotatable bonds is 3. The van der Waals surface area contributed by atoms with Crippen molar-refractivity contribution in [2.45, 2.75) is 6.04 Å². The van der Waals surface area contributed by atoms with Gasteiger partial charge in [-0.1, -0.05) is 113 Å². The second-order valence-corrected chi connectivity index (χ2v) is 11.6. The van der Waals surface area contributed by atoms with Crippen LogP contribution in [-0.2, 0) is 0 Å². The molecule has 2 aromatic heterocycles. The lowest BCUT2D eigenvalue weighted by atomic mass is 9.92. The molecule has 0 amide bonds. The van der Waals surface area contributed by atoms with Crippen LogP contribution in [0.3, 0.4) is 0 Å². The Morgan fingerprint density at radius 2 is 1.33 bits per heavy atom. The highest BCUT2D eigenvalue weighted by Gasteiger charge is 2.47. The molecule has 0 fully saturated rings. The van der Waals surface area contributed by atoms with Gasteiger partial charge in [-0.15, -0.1) is 0 Å². The Kier molecular flexibility index (Phi) is 4.99. The molecule has 0 bridgehead atoms. The predicted molar refractivity (Wildman–Crippen MR) is 183 cm³/mol. The van der Waals surface area contributed by atoms with Crippen molar-refractivity contribution >= 4 is 56.2 Å². The first kappa shape index (κ1) is 24.4. The topological polar surface area (TPSA) is 45.2 Å².